The van der Waals surface area contributed by atoms with Gasteiger partial charge in [-0.2, -0.15) is 0 Å². The molecule has 0 fully saturated rings. The second-order valence-corrected chi connectivity index (χ2v) is 4.11. The van der Waals surface area contributed by atoms with Crippen molar-refractivity contribution < 1.29 is 9.53 Å². The first-order chi connectivity index (χ1) is 9.79. The van der Waals surface area contributed by atoms with Gasteiger partial charge in [0.2, 0.25) is 0 Å². The lowest BCUT2D eigenvalue weighted by Crippen LogP contribution is -2.28. The van der Waals surface area contributed by atoms with E-state index < -0.39 is 0 Å². The van der Waals surface area contributed by atoms with E-state index in [1.165, 1.54) is 0 Å². The third kappa shape index (κ3) is 3.98. The van der Waals surface area contributed by atoms with E-state index in [-0.39, 0.29) is 6.03 Å². The Bertz CT molecular complexity index is 558. The first-order valence-electron chi connectivity index (χ1n) is 6.46. The summed E-state index contributed by atoms with van der Waals surface area (Å²) in [6, 6.07) is 13.1. The average molecular weight is 271 g/mol. The number of rotatable bonds is 5. The summed E-state index contributed by atoms with van der Waals surface area (Å²) in [4.78, 5) is 15.6. The number of carbonyl (C=O) groups excluding carboxylic acids is 1. The smallest absolute Gasteiger partial charge is 0.320 e. The molecule has 0 aliphatic rings. The van der Waals surface area contributed by atoms with Crippen LogP contribution in [0.1, 0.15) is 12.5 Å². The minimum absolute atomic E-state index is 0.296. The van der Waals surface area contributed by atoms with Gasteiger partial charge in [0.15, 0.2) is 11.6 Å². The van der Waals surface area contributed by atoms with E-state index in [1.807, 2.05) is 37.3 Å². The van der Waals surface area contributed by atoms with Crippen LogP contribution in [0.4, 0.5) is 10.6 Å². The molecule has 104 valence electrons. The molecule has 2 N–H and O–H groups in total. The Kier molecular flexibility index (Phi) is 4.94. The molecule has 0 unspecified atom stereocenters. The number of nitrogens with one attached hydrogen (secondary N) is 2. The van der Waals surface area contributed by atoms with Crippen molar-refractivity contribution in [2.45, 2.75) is 13.5 Å². The van der Waals surface area contributed by atoms with Crippen LogP contribution in [0.2, 0.25) is 0 Å². The summed E-state index contributed by atoms with van der Waals surface area (Å²) in [5, 5.41) is 5.31. The van der Waals surface area contributed by atoms with Gasteiger partial charge in [-0.25, -0.2) is 9.78 Å². The second-order valence-electron chi connectivity index (χ2n) is 4.11. The number of ether oxygens (including phenoxy) is 1. The van der Waals surface area contributed by atoms with E-state index in [2.05, 4.69) is 15.6 Å². The number of benzene rings is 1. The molecule has 0 bridgehead atoms. The van der Waals surface area contributed by atoms with Crippen LogP contribution in [0.25, 0.3) is 0 Å². The van der Waals surface area contributed by atoms with Crippen molar-refractivity contribution in [3.05, 3.63) is 54.2 Å². The molecule has 1 heterocycles. The third-order valence-electron chi connectivity index (χ3n) is 2.58. The van der Waals surface area contributed by atoms with Gasteiger partial charge in [0.05, 0.1) is 0 Å². The molecule has 2 rings (SSSR count). The van der Waals surface area contributed by atoms with Crippen molar-refractivity contribution in [1.82, 2.24) is 10.3 Å². The quantitative estimate of drug-likeness (QED) is 0.879. The SMILES string of the molecule is CCNC(=O)Nc1ncccc1OCc1ccccc1. The minimum Gasteiger partial charge on any atom is -0.485 e. The average Bonchev–Trinajstić information content (AvgIpc) is 2.48. The highest BCUT2D eigenvalue weighted by Gasteiger charge is 2.08. The summed E-state index contributed by atoms with van der Waals surface area (Å²) < 4.78 is 5.70. The Morgan fingerprint density at radius 2 is 2.00 bits per heavy atom. The lowest BCUT2D eigenvalue weighted by Gasteiger charge is -2.11. The van der Waals surface area contributed by atoms with Crippen molar-refractivity contribution in [2.24, 2.45) is 0 Å². The number of hydrogen-bond donors (Lipinski definition) is 2. The van der Waals surface area contributed by atoms with Crippen molar-refractivity contribution >= 4 is 11.8 Å². The number of pyridine rings is 1. The molecule has 1 aromatic heterocycles. The van der Waals surface area contributed by atoms with Crippen LogP contribution in [-0.2, 0) is 6.61 Å². The molecule has 0 aliphatic carbocycles. The molecular weight excluding hydrogens is 254 g/mol. The molecule has 20 heavy (non-hydrogen) atoms. The Labute approximate surface area is 118 Å². The highest BCUT2D eigenvalue weighted by atomic mass is 16.5. The number of aromatic nitrogens is 1. The van der Waals surface area contributed by atoms with E-state index in [9.17, 15) is 4.79 Å². The lowest BCUT2D eigenvalue weighted by atomic mass is 10.2. The van der Waals surface area contributed by atoms with Gasteiger partial charge in [-0.15, -0.1) is 0 Å². The summed E-state index contributed by atoms with van der Waals surface area (Å²) in [7, 11) is 0. The van der Waals surface area contributed by atoms with E-state index in [4.69, 9.17) is 4.74 Å². The molecule has 1 aromatic carbocycles. The van der Waals surface area contributed by atoms with Crippen LogP contribution >= 0.6 is 0 Å². The van der Waals surface area contributed by atoms with Gasteiger partial charge in [0.1, 0.15) is 6.61 Å². The van der Waals surface area contributed by atoms with Crippen LogP contribution in [0.3, 0.4) is 0 Å². The number of amides is 2. The first-order valence-corrected chi connectivity index (χ1v) is 6.46. The summed E-state index contributed by atoms with van der Waals surface area (Å²) in [6.45, 7) is 2.83. The minimum atomic E-state index is -0.296. The van der Waals surface area contributed by atoms with Gasteiger partial charge in [-0.3, -0.25) is 5.32 Å². The lowest BCUT2D eigenvalue weighted by molar-refractivity contribution is 0.252. The molecule has 2 amide bonds. The van der Waals surface area contributed by atoms with Crippen molar-refractivity contribution in [3.63, 3.8) is 0 Å². The number of urea groups is 1. The zero-order valence-corrected chi connectivity index (χ0v) is 11.3. The van der Waals surface area contributed by atoms with Crippen molar-refractivity contribution in [3.8, 4) is 5.75 Å². The summed E-state index contributed by atoms with van der Waals surface area (Å²) in [5.74, 6) is 0.956. The molecule has 0 radical (unpaired) electrons. The number of carbonyl (C=O) groups is 1. The van der Waals surface area contributed by atoms with Crippen molar-refractivity contribution in [2.75, 3.05) is 11.9 Å². The van der Waals surface area contributed by atoms with Crippen LogP contribution < -0.4 is 15.4 Å². The third-order valence-corrected chi connectivity index (χ3v) is 2.58. The van der Waals surface area contributed by atoms with Crippen LogP contribution in [0, 0.1) is 0 Å². The molecular formula is C15H17N3O2. The van der Waals surface area contributed by atoms with Gasteiger partial charge in [-0.1, -0.05) is 30.3 Å². The maximum atomic E-state index is 11.5. The van der Waals surface area contributed by atoms with E-state index >= 15 is 0 Å². The second kappa shape index (κ2) is 7.13. The zero-order valence-electron chi connectivity index (χ0n) is 11.3. The predicted octanol–water partition coefficient (Wildman–Crippen LogP) is 2.80. The van der Waals surface area contributed by atoms with Crippen LogP contribution in [0.5, 0.6) is 5.75 Å². The Morgan fingerprint density at radius 3 is 2.75 bits per heavy atom. The van der Waals surface area contributed by atoms with Crippen LogP contribution in [0.15, 0.2) is 48.7 Å². The van der Waals surface area contributed by atoms with E-state index in [0.29, 0.717) is 24.7 Å². The Balaban J connectivity index is 2.02. The molecule has 0 aliphatic heterocycles. The predicted molar refractivity (Wildman–Crippen MR) is 77.7 cm³/mol. The Morgan fingerprint density at radius 1 is 1.20 bits per heavy atom. The van der Waals surface area contributed by atoms with E-state index in [0.717, 1.165) is 5.56 Å². The number of hydrogen-bond acceptors (Lipinski definition) is 3. The highest BCUT2D eigenvalue weighted by Crippen LogP contribution is 2.21. The maximum absolute atomic E-state index is 11.5. The molecule has 0 saturated heterocycles. The van der Waals surface area contributed by atoms with Gasteiger partial charge < -0.3 is 10.1 Å². The normalized spacial score (nSPS) is 9.85. The Hall–Kier alpha value is -2.56. The number of anilines is 1. The zero-order chi connectivity index (χ0) is 14.2. The number of nitrogens with zero attached hydrogens (tertiary/aromatic N) is 1. The summed E-state index contributed by atoms with van der Waals surface area (Å²) in [6.07, 6.45) is 1.61. The fourth-order valence-electron chi connectivity index (χ4n) is 1.65. The van der Waals surface area contributed by atoms with Gasteiger partial charge in [0, 0.05) is 12.7 Å². The summed E-state index contributed by atoms with van der Waals surface area (Å²) >= 11 is 0. The van der Waals surface area contributed by atoms with Gasteiger partial charge in [-0.05, 0) is 24.6 Å². The monoisotopic (exact) mass is 271 g/mol. The maximum Gasteiger partial charge on any atom is 0.320 e. The molecule has 0 spiro atoms. The molecule has 0 atom stereocenters. The van der Waals surface area contributed by atoms with Crippen LogP contribution in [-0.4, -0.2) is 17.6 Å². The van der Waals surface area contributed by atoms with E-state index in [1.54, 1.807) is 18.3 Å². The standard InChI is InChI=1S/C15H17N3O2/c1-2-16-15(19)18-14-13(9-6-10-17-14)20-11-12-7-4-3-5-8-12/h3-10H,2,11H2,1H3,(H2,16,17,18,19). The molecule has 0 saturated carbocycles. The first kappa shape index (κ1) is 13.9. The largest absolute Gasteiger partial charge is 0.485 e. The summed E-state index contributed by atoms with van der Waals surface area (Å²) in [5.41, 5.74) is 1.06. The topological polar surface area (TPSA) is 63.2 Å². The fraction of sp³-hybridized carbons (Fsp3) is 0.200. The molecule has 5 nitrogen and oxygen atoms in total. The molecule has 2 aromatic rings. The fourth-order valence-corrected chi connectivity index (χ4v) is 1.65. The van der Waals surface area contributed by atoms with Gasteiger partial charge in [0.25, 0.3) is 0 Å². The highest BCUT2D eigenvalue weighted by molar-refractivity contribution is 5.89. The van der Waals surface area contributed by atoms with Crippen molar-refractivity contribution in [1.29, 1.82) is 0 Å². The molecule has 5 heteroatoms. The van der Waals surface area contributed by atoms with Gasteiger partial charge >= 0.3 is 6.03 Å².